The van der Waals surface area contributed by atoms with E-state index in [0.29, 0.717) is 5.92 Å². The summed E-state index contributed by atoms with van der Waals surface area (Å²) in [7, 11) is 2.18. The number of nitrogens with one attached hydrogen (secondary N) is 1. The summed E-state index contributed by atoms with van der Waals surface area (Å²) in [5.41, 5.74) is 4.15. The van der Waals surface area contributed by atoms with Crippen LogP contribution in [0.2, 0.25) is 0 Å². The average Bonchev–Trinajstić information content (AvgIpc) is 3.09. The Bertz CT molecular complexity index is 394. The highest BCUT2D eigenvalue weighted by atomic mass is 15.1. The summed E-state index contributed by atoms with van der Waals surface area (Å²) in [6.07, 6.45) is 2.71. The Morgan fingerprint density at radius 1 is 1.33 bits per heavy atom. The van der Waals surface area contributed by atoms with Gasteiger partial charge in [-0.1, -0.05) is 26.0 Å². The van der Waals surface area contributed by atoms with E-state index in [2.05, 4.69) is 56.2 Å². The predicted molar refractivity (Wildman–Crippen MR) is 79.1 cm³/mol. The van der Waals surface area contributed by atoms with Crippen molar-refractivity contribution in [2.24, 2.45) is 5.92 Å². The van der Waals surface area contributed by atoms with E-state index in [9.17, 15) is 0 Å². The van der Waals surface area contributed by atoms with Crippen molar-refractivity contribution in [2.75, 3.05) is 18.5 Å². The highest BCUT2D eigenvalue weighted by Gasteiger charge is 2.20. The fourth-order valence-corrected chi connectivity index (χ4v) is 2.45. The van der Waals surface area contributed by atoms with E-state index in [-0.39, 0.29) is 0 Å². The van der Waals surface area contributed by atoms with Crippen molar-refractivity contribution >= 4 is 5.69 Å². The van der Waals surface area contributed by atoms with Crippen molar-refractivity contribution < 1.29 is 0 Å². The number of hydrogen-bond acceptors (Lipinski definition) is 2. The standard InChI is InChI=1S/C16H26N2/c1-12(2)11-18(4)16-8-5-14(9-13(16)3)10-17-15-6-7-15/h5,8-9,12,15,17H,6-7,10-11H2,1-4H3. The van der Waals surface area contributed by atoms with Crippen LogP contribution in [0.4, 0.5) is 5.69 Å². The van der Waals surface area contributed by atoms with Gasteiger partial charge in [-0.2, -0.15) is 0 Å². The lowest BCUT2D eigenvalue weighted by molar-refractivity contribution is 0.637. The molecule has 1 aliphatic rings. The number of hydrogen-bond donors (Lipinski definition) is 1. The molecule has 1 saturated carbocycles. The molecule has 1 N–H and O–H groups in total. The predicted octanol–water partition coefficient (Wildman–Crippen LogP) is 3.34. The number of aryl methyl sites for hydroxylation is 1. The third kappa shape index (κ3) is 3.74. The van der Waals surface area contributed by atoms with Crippen LogP contribution in [0.5, 0.6) is 0 Å². The molecule has 0 amide bonds. The highest BCUT2D eigenvalue weighted by molar-refractivity contribution is 5.53. The van der Waals surface area contributed by atoms with Gasteiger partial charge in [-0.25, -0.2) is 0 Å². The second kappa shape index (κ2) is 5.75. The lowest BCUT2D eigenvalue weighted by Crippen LogP contribution is -2.23. The first-order valence-electron chi connectivity index (χ1n) is 7.10. The van der Waals surface area contributed by atoms with E-state index < -0.39 is 0 Å². The van der Waals surface area contributed by atoms with E-state index >= 15 is 0 Å². The quantitative estimate of drug-likeness (QED) is 0.828. The third-order valence-corrected chi connectivity index (χ3v) is 3.48. The summed E-state index contributed by atoms with van der Waals surface area (Å²) >= 11 is 0. The fourth-order valence-electron chi connectivity index (χ4n) is 2.45. The van der Waals surface area contributed by atoms with Crippen molar-refractivity contribution in [3.8, 4) is 0 Å². The Kier molecular flexibility index (Phi) is 4.28. The van der Waals surface area contributed by atoms with E-state index in [1.165, 1.54) is 29.7 Å². The van der Waals surface area contributed by atoms with Gasteiger partial charge in [0.2, 0.25) is 0 Å². The van der Waals surface area contributed by atoms with Gasteiger partial charge in [0.05, 0.1) is 0 Å². The molecule has 1 aliphatic carbocycles. The maximum atomic E-state index is 3.57. The van der Waals surface area contributed by atoms with Crippen molar-refractivity contribution in [3.05, 3.63) is 29.3 Å². The molecule has 2 nitrogen and oxygen atoms in total. The summed E-state index contributed by atoms with van der Waals surface area (Å²) in [4.78, 5) is 2.36. The van der Waals surface area contributed by atoms with Gasteiger partial charge in [-0.15, -0.1) is 0 Å². The summed E-state index contributed by atoms with van der Waals surface area (Å²) in [6, 6.07) is 7.63. The zero-order chi connectivity index (χ0) is 13.1. The van der Waals surface area contributed by atoms with Crippen molar-refractivity contribution in [1.29, 1.82) is 0 Å². The van der Waals surface area contributed by atoms with E-state index in [1.54, 1.807) is 0 Å². The molecule has 0 radical (unpaired) electrons. The van der Waals surface area contributed by atoms with Gasteiger partial charge in [-0.3, -0.25) is 0 Å². The van der Waals surface area contributed by atoms with Gasteiger partial charge in [0, 0.05) is 31.9 Å². The Balaban J connectivity index is 1.99. The van der Waals surface area contributed by atoms with Crippen LogP contribution in [-0.2, 0) is 6.54 Å². The van der Waals surface area contributed by atoms with Gasteiger partial charge < -0.3 is 10.2 Å². The number of rotatable bonds is 6. The van der Waals surface area contributed by atoms with Crippen LogP contribution in [0.15, 0.2) is 18.2 Å². The molecule has 0 heterocycles. The van der Waals surface area contributed by atoms with Crippen molar-refractivity contribution in [3.63, 3.8) is 0 Å². The van der Waals surface area contributed by atoms with Crippen LogP contribution in [0.1, 0.15) is 37.8 Å². The van der Waals surface area contributed by atoms with Crippen molar-refractivity contribution in [2.45, 2.75) is 46.2 Å². The Labute approximate surface area is 111 Å². The third-order valence-electron chi connectivity index (χ3n) is 3.48. The molecule has 0 spiro atoms. The Hall–Kier alpha value is -1.02. The average molecular weight is 246 g/mol. The molecule has 0 saturated heterocycles. The second-order valence-corrected chi connectivity index (χ2v) is 6.05. The molecule has 0 unspecified atom stereocenters. The summed E-state index contributed by atoms with van der Waals surface area (Å²) < 4.78 is 0. The lowest BCUT2D eigenvalue weighted by Gasteiger charge is -2.24. The molecule has 0 bridgehead atoms. The smallest absolute Gasteiger partial charge is 0.0393 e. The lowest BCUT2D eigenvalue weighted by atomic mass is 10.1. The normalized spacial score (nSPS) is 15.2. The van der Waals surface area contributed by atoms with E-state index in [1.807, 2.05) is 0 Å². The minimum absolute atomic E-state index is 0.700. The monoisotopic (exact) mass is 246 g/mol. The van der Waals surface area contributed by atoms with E-state index in [0.717, 1.165) is 19.1 Å². The topological polar surface area (TPSA) is 15.3 Å². The Morgan fingerprint density at radius 2 is 2.06 bits per heavy atom. The molecule has 100 valence electrons. The van der Waals surface area contributed by atoms with E-state index in [4.69, 9.17) is 0 Å². The molecular weight excluding hydrogens is 220 g/mol. The van der Waals surface area contributed by atoms with Crippen LogP contribution in [0.3, 0.4) is 0 Å². The first-order chi connectivity index (χ1) is 8.56. The summed E-state index contributed by atoms with van der Waals surface area (Å²) in [5, 5.41) is 3.57. The van der Waals surface area contributed by atoms with Crippen LogP contribution >= 0.6 is 0 Å². The van der Waals surface area contributed by atoms with Crippen LogP contribution in [0.25, 0.3) is 0 Å². The number of nitrogens with zero attached hydrogens (tertiary/aromatic N) is 1. The maximum absolute atomic E-state index is 3.57. The summed E-state index contributed by atoms with van der Waals surface area (Å²) in [5.74, 6) is 0.700. The number of benzene rings is 1. The van der Waals surface area contributed by atoms with Crippen molar-refractivity contribution in [1.82, 2.24) is 5.32 Å². The molecule has 2 heteroatoms. The zero-order valence-corrected chi connectivity index (χ0v) is 12.2. The van der Waals surface area contributed by atoms with Gasteiger partial charge in [0.15, 0.2) is 0 Å². The number of anilines is 1. The van der Waals surface area contributed by atoms with Gasteiger partial charge >= 0.3 is 0 Å². The zero-order valence-electron chi connectivity index (χ0n) is 12.2. The van der Waals surface area contributed by atoms with Gasteiger partial charge in [0.1, 0.15) is 0 Å². The van der Waals surface area contributed by atoms with Gasteiger partial charge in [-0.05, 0) is 42.9 Å². The summed E-state index contributed by atoms with van der Waals surface area (Å²) in [6.45, 7) is 8.87. The highest BCUT2D eigenvalue weighted by Crippen LogP contribution is 2.23. The molecule has 18 heavy (non-hydrogen) atoms. The molecular formula is C16H26N2. The molecule has 0 aliphatic heterocycles. The fraction of sp³-hybridized carbons (Fsp3) is 0.625. The molecule has 1 aromatic carbocycles. The molecule has 2 rings (SSSR count). The molecule has 1 aromatic rings. The molecule has 0 aromatic heterocycles. The van der Waals surface area contributed by atoms with Crippen LogP contribution < -0.4 is 10.2 Å². The minimum atomic E-state index is 0.700. The van der Waals surface area contributed by atoms with Crippen LogP contribution in [0, 0.1) is 12.8 Å². The maximum Gasteiger partial charge on any atom is 0.0393 e. The molecule has 0 atom stereocenters. The second-order valence-electron chi connectivity index (χ2n) is 6.05. The molecule has 1 fully saturated rings. The van der Waals surface area contributed by atoms with Gasteiger partial charge in [0.25, 0.3) is 0 Å². The first-order valence-corrected chi connectivity index (χ1v) is 7.10. The van der Waals surface area contributed by atoms with Crippen LogP contribution in [-0.4, -0.2) is 19.6 Å². The first kappa shape index (κ1) is 13.4. The largest absolute Gasteiger partial charge is 0.374 e. The Morgan fingerprint density at radius 3 is 2.61 bits per heavy atom. The SMILES string of the molecule is Cc1cc(CNC2CC2)ccc1N(C)CC(C)C. The minimum Gasteiger partial charge on any atom is -0.374 e.